The molecule has 144 valence electrons. The highest BCUT2D eigenvalue weighted by Gasteiger charge is 2.20. The van der Waals surface area contributed by atoms with Crippen molar-refractivity contribution in [3.63, 3.8) is 0 Å². The van der Waals surface area contributed by atoms with Crippen LogP contribution in [-0.4, -0.2) is 12.8 Å². The first-order valence-corrected chi connectivity index (χ1v) is 10.1. The summed E-state index contributed by atoms with van der Waals surface area (Å²) >= 11 is 3.52. The van der Waals surface area contributed by atoms with Crippen molar-refractivity contribution < 1.29 is 9.13 Å². The minimum absolute atomic E-state index is 0.0333. The van der Waals surface area contributed by atoms with Crippen LogP contribution < -0.4 is 4.74 Å². The summed E-state index contributed by atoms with van der Waals surface area (Å²) in [6, 6.07) is 20.7. The molecule has 1 unspecified atom stereocenters. The molecule has 0 aromatic heterocycles. The van der Waals surface area contributed by atoms with E-state index in [-0.39, 0.29) is 17.5 Å². The molecule has 0 spiro atoms. The van der Waals surface area contributed by atoms with Crippen molar-refractivity contribution in [2.24, 2.45) is 4.99 Å². The zero-order chi connectivity index (χ0) is 20.2. The van der Waals surface area contributed by atoms with Gasteiger partial charge < -0.3 is 4.74 Å². The Balaban J connectivity index is 1.54. The van der Waals surface area contributed by atoms with E-state index in [2.05, 4.69) is 27.0 Å². The number of nitrogens with zero attached hydrogens (tertiary/aromatic N) is 2. The van der Waals surface area contributed by atoms with Gasteiger partial charge in [0.15, 0.2) is 11.6 Å². The van der Waals surface area contributed by atoms with Crippen LogP contribution in [0.5, 0.6) is 5.75 Å². The van der Waals surface area contributed by atoms with E-state index in [1.165, 1.54) is 6.07 Å². The molecule has 0 aliphatic carbocycles. The van der Waals surface area contributed by atoms with Gasteiger partial charge in [0.05, 0.1) is 11.6 Å². The van der Waals surface area contributed by atoms with Crippen LogP contribution in [0.25, 0.3) is 0 Å². The molecular weight excluding hydrogens is 431 g/mol. The fourth-order valence-corrected chi connectivity index (χ4v) is 4.10. The van der Waals surface area contributed by atoms with E-state index in [1.807, 2.05) is 48.7 Å². The highest BCUT2D eigenvalue weighted by molar-refractivity contribution is 9.10. The van der Waals surface area contributed by atoms with Gasteiger partial charge in [0.25, 0.3) is 0 Å². The van der Waals surface area contributed by atoms with Crippen molar-refractivity contribution in [2.75, 3.05) is 6.54 Å². The van der Waals surface area contributed by atoms with E-state index in [0.29, 0.717) is 25.1 Å². The first kappa shape index (κ1) is 19.4. The Morgan fingerprint density at radius 3 is 2.72 bits per heavy atom. The van der Waals surface area contributed by atoms with Crippen LogP contribution in [0.1, 0.15) is 33.7 Å². The predicted molar refractivity (Wildman–Crippen MR) is 115 cm³/mol. The van der Waals surface area contributed by atoms with Gasteiger partial charge in [-0.25, -0.2) is 4.39 Å². The van der Waals surface area contributed by atoms with Crippen molar-refractivity contribution in [2.45, 2.75) is 18.9 Å². The minimum Gasteiger partial charge on any atom is -0.486 e. The number of ether oxygens (including phenoxy) is 1. The molecule has 5 heteroatoms. The number of halogens is 2. The van der Waals surface area contributed by atoms with Crippen LogP contribution in [-0.2, 0) is 13.0 Å². The number of aliphatic imine (C=N–C) groups is 1. The van der Waals surface area contributed by atoms with Crippen LogP contribution >= 0.6 is 15.9 Å². The monoisotopic (exact) mass is 448 g/mol. The maximum absolute atomic E-state index is 14.7. The van der Waals surface area contributed by atoms with E-state index in [1.54, 1.807) is 12.1 Å². The summed E-state index contributed by atoms with van der Waals surface area (Å²) in [5.41, 5.74) is 4.48. The first-order valence-electron chi connectivity index (χ1n) is 9.32. The number of benzene rings is 3. The third-order valence-electron chi connectivity index (χ3n) is 5.02. The summed E-state index contributed by atoms with van der Waals surface area (Å²) in [7, 11) is 0. The van der Waals surface area contributed by atoms with Gasteiger partial charge >= 0.3 is 0 Å². The number of hydrogen-bond acceptors (Lipinski definition) is 3. The highest BCUT2D eigenvalue weighted by Crippen LogP contribution is 2.31. The molecule has 3 aromatic carbocycles. The number of hydrogen-bond donors (Lipinski definition) is 0. The maximum atomic E-state index is 14.7. The summed E-state index contributed by atoms with van der Waals surface area (Å²) in [6.07, 6.45) is 2.52. The molecule has 0 radical (unpaired) electrons. The Hall–Kier alpha value is -2.97. The quantitative estimate of drug-likeness (QED) is 0.506. The van der Waals surface area contributed by atoms with Gasteiger partial charge in [-0.2, -0.15) is 5.26 Å². The van der Waals surface area contributed by atoms with Crippen LogP contribution in [0, 0.1) is 17.1 Å². The van der Waals surface area contributed by atoms with Crippen molar-refractivity contribution in [3.8, 4) is 11.8 Å². The summed E-state index contributed by atoms with van der Waals surface area (Å²) in [5, 5.41) is 9.25. The van der Waals surface area contributed by atoms with Gasteiger partial charge in [-0.1, -0.05) is 52.3 Å². The van der Waals surface area contributed by atoms with E-state index >= 15 is 0 Å². The molecule has 0 N–H and O–H groups in total. The van der Waals surface area contributed by atoms with Crippen LogP contribution in [0.4, 0.5) is 4.39 Å². The average Bonchev–Trinajstić information content (AvgIpc) is 2.96. The highest BCUT2D eigenvalue weighted by atomic mass is 79.9. The Morgan fingerprint density at radius 1 is 1.14 bits per heavy atom. The zero-order valence-electron chi connectivity index (χ0n) is 15.6. The first-order chi connectivity index (χ1) is 14.1. The Bertz CT molecular complexity index is 1110. The van der Waals surface area contributed by atoms with Crippen LogP contribution in [0.3, 0.4) is 0 Å². The number of rotatable bonds is 4. The molecule has 1 atom stereocenters. The standard InChI is InChI=1S/C24H18BrFN2O/c25-22-9-17(12-27)8-19-10-20(13-28-14-21(19)22)18-6-7-24(23(26)11-18)29-15-16-4-2-1-3-5-16/h1-9,11,14,20H,10,13,15H2. The second-order valence-corrected chi connectivity index (χ2v) is 7.86. The normalized spacial score (nSPS) is 15.3. The van der Waals surface area contributed by atoms with Crippen molar-refractivity contribution in [1.29, 1.82) is 5.26 Å². The van der Waals surface area contributed by atoms with Gasteiger partial charge in [0.1, 0.15) is 6.61 Å². The van der Waals surface area contributed by atoms with Crippen molar-refractivity contribution in [3.05, 3.63) is 98.8 Å². The summed E-state index contributed by atoms with van der Waals surface area (Å²) in [6.45, 7) is 0.885. The van der Waals surface area contributed by atoms with E-state index < -0.39 is 0 Å². The fraction of sp³-hybridized carbons (Fsp3) is 0.167. The zero-order valence-corrected chi connectivity index (χ0v) is 17.2. The molecule has 0 amide bonds. The van der Waals surface area contributed by atoms with Gasteiger partial charge in [-0.15, -0.1) is 0 Å². The molecule has 0 fully saturated rings. The average molecular weight is 449 g/mol. The van der Waals surface area contributed by atoms with Crippen molar-refractivity contribution in [1.82, 2.24) is 0 Å². The Labute approximate surface area is 177 Å². The molecule has 0 bridgehead atoms. The molecule has 29 heavy (non-hydrogen) atoms. The van der Waals surface area contributed by atoms with E-state index in [0.717, 1.165) is 26.7 Å². The van der Waals surface area contributed by atoms with E-state index in [9.17, 15) is 9.65 Å². The second kappa shape index (κ2) is 8.59. The maximum Gasteiger partial charge on any atom is 0.165 e. The lowest BCUT2D eigenvalue weighted by atomic mass is 9.90. The number of fused-ring (bicyclic) bond motifs is 1. The number of nitriles is 1. The molecule has 3 nitrogen and oxygen atoms in total. The lowest BCUT2D eigenvalue weighted by molar-refractivity contribution is 0.290. The van der Waals surface area contributed by atoms with E-state index in [4.69, 9.17) is 4.74 Å². The third-order valence-corrected chi connectivity index (χ3v) is 5.68. The van der Waals surface area contributed by atoms with Crippen LogP contribution in [0.15, 0.2) is 70.1 Å². The summed E-state index contributed by atoms with van der Waals surface area (Å²) in [4.78, 5) is 4.52. The topological polar surface area (TPSA) is 45.4 Å². The molecule has 1 heterocycles. The van der Waals surface area contributed by atoms with Gasteiger partial charge in [-0.3, -0.25) is 4.99 Å². The lowest BCUT2D eigenvalue weighted by Gasteiger charge is -2.16. The second-order valence-electron chi connectivity index (χ2n) is 7.00. The van der Waals surface area contributed by atoms with Crippen LogP contribution in [0.2, 0.25) is 0 Å². The van der Waals surface area contributed by atoms with Gasteiger partial charge in [0, 0.05) is 28.7 Å². The summed E-state index contributed by atoms with van der Waals surface area (Å²) < 4.78 is 21.2. The lowest BCUT2D eigenvalue weighted by Crippen LogP contribution is -2.07. The molecule has 0 saturated carbocycles. The molecule has 1 aliphatic heterocycles. The molecule has 1 aliphatic rings. The molecule has 3 aromatic rings. The Morgan fingerprint density at radius 2 is 1.97 bits per heavy atom. The van der Waals surface area contributed by atoms with Crippen molar-refractivity contribution >= 4 is 22.1 Å². The third kappa shape index (κ3) is 4.38. The van der Waals surface area contributed by atoms with Gasteiger partial charge in [0.2, 0.25) is 0 Å². The molecule has 4 rings (SSSR count). The van der Waals surface area contributed by atoms with Gasteiger partial charge in [-0.05, 0) is 47.4 Å². The fourth-order valence-electron chi connectivity index (χ4n) is 3.50. The minimum atomic E-state index is -0.376. The SMILES string of the molecule is N#Cc1cc(Br)c2c(c1)CC(c1ccc(OCc3ccccc3)c(F)c1)CN=C2. The smallest absolute Gasteiger partial charge is 0.165 e. The molecule has 0 saturated heterocycles. The largest absolute Gasteiger partial charge is 0.486 e. The predicted octanol–water partition coefficient (Wildman–Crippen LogP) is 5.80. The summed E-state index contributed by atoms with van der Waals surface area (Å²) in [5.74, 6) is -0.102. The Kier molecular flexibility index (Phi) is 5.73. The molecular formula is C24H18BrFN2O.